The number of fused-ring (bicyclic) bond motifs is 6. The van der Waals surface area contributed by atoms with E-state index in [0.717, 1.165) is 22.2 Å². The van der Waals surface area contributed by atoms with Gasteiger partial charge in [-0.25, -0.2) is 0 Å². The lowest BCUT2D eigenvalue weighted by molar-refractivity contribution is -0.156. The number of carbonyl (C=O) groups is 2. The number of phenolic OH excluding ortho intramolecular Hbond substituents is 1. The van der Waals surface area contributed by atoms with Crippen molar-refractivity contribution in [1.29, 1.82) is 0 Å². The molecule has 2 N–H and O–H groups in total. The van der Waals surface area contributed by atoms with Crippen LogP contribution in [0.5, 0.6) is 5.75 Å². The molecule has 5 rings (SSSR count). The highest BCUT2D eigenvalue weighted by atomic mass is 16.5. The molecule has 6 heteroatoms. The maximum atomic E-state index is 13.3. The molecule has 3 atom stereocenters. The number of rotatable bonds is 3. The molecule has 29 heavy (non-hydrogen) atoms. The zero-order valence-corrected chi connectivity index (χ0v) is 16.1. The van der Waals surface area contributed by atoms with E-state index in [1.807, 2.05) is 24.3 Å². The van der Waals surface area contributed by atoms with Gasteiger partial charge in [0.05, 0.1) is 19.2 Å². The summed E-state index contributed by atoms with van der Waals surface area (Å²) in [4.78, 5) is 31.3. The Morgan fingerprint density at radius 2 is 2.03 bits per heavy atom. The molecule has 2 aromatic carbocycles. The third kappa shape index (κ3) is 2.83. The van der Waals surface area contributed by atoms with Crippen LogP contribution in [0.3, 0.4) is 0 Å². The smallest absolute Gasteiger partial charge is 0.316 e. The van der Waals surface area contributed by atoms with Gasteiger partial charge in [-0.05, 0) is 42.2 Å². The molecule has 1 saturated heterocycles. The number of para-hydroxylation sites is 1. The van der Waals surface area contributed by atoms with Crippen molar-refractivity contribution in [3.63, 3.8) is 0 Å². The summed E-state index contributed by atoms with van der Waals surface area (Å²) in [7, 11) is 1.33. The van der Waals surface area contributed by atoms with Gasteiger partial charge in [0.25, 0.3) is 0 Å². The van der Waals surface area contributed by atoms with E-state index in [9.17, 15) is 14.7 Å². The Labute approximate surface area is 168 Å². The van der Waals surface area contributed by atoms with E-state index in [1.54, 1.807) is 18.2 Å². The van der Waals surface area contributed by atoms with Crippen LogP contribution in [0.2, 0.25) is 0 Å². The van der Waals surface area contributed by atoms with Crippen molar-refractivity contribution in [3.05, 3.63) is 65.4 Å². The number of hydrogen-bond donors (Lipinski definition) is 2. The van der Waals surface area contributed by atoms with E-state index in [1.165, 1.54) is 12.7 Å². The summed E-state index contributed by atoms with van der Waals surface area (Å²) in [6.07, 6.45) is 0.946. The van der Waals surface area contributed by atoms with Crippen molar-refractivity contribution in [1.82, 2.24) is 9.88 Å². The lowest BCUT2D eigenvalue weighted by Gasteiger charge is -2.46. The van der Waals surface area contributed by atoms with Crippen molar-refractivity contribution >= 4 is 22.7 Å². The van der Waals surface area contributed by atoms with Gasteiger partial charge in [0, 0.05) is 23.1 Å². The fraction of sp³-hybridized carbons (Fsp3) is 0.304. The molecule has 0 saturated carbocycles. The third-order valence-corrected chi connectivity index (χ3v) is 6.27. The standard InChI is InChI=1S/C23H22N2O4/c1-29-23(28)17-11-19-21-16(15-7-2-3-8-18(15)24-21)10-20(22(17)27)25(19)12-13-5-4-6-14(26)9-13/h2-9,17,19-20,24,26H,10-12H2,1H3/t17?,19-,20?/m0/s1. The highest BCUT2D eigenvalue weighted by Gasteiger charge is 2.50. The maximum absolute atomic E-state index is 13.3. The Hall–Kier alpha value is -3.12. The number of aromatic nitrogens is 1. The monoisotopic (exact) mass is 390 g/mol. The second kappa shape index (κ2) is 6.74. The fourth-order valence-corrected chi connectivity index (χ4v) is 4.95. The highest BCUT2D eigenvalue weighted by Crippen LogP contribution is 2.45. The molecule has 2 aliphatic rings. The first-order valence-electron chi connectivity index (χ1n) is 9.81. The van der Waals surface area contributed by atoms with Gasteiger partial charge in [-0.3, -0.25) is 14.5 Å². The van der Waals surface area contributed by atoms with Crippen molar-refractivity contribution in [2.24, 2.45) is 5.92 Å². The van der Waals surface area contributed by atoms with Gasteiger partial charge >= 0.3 is 5.97 Å². The SMILES string of the molecule is COC(=O)C1C[C@H]2c3[nH]c4ccccc4c3CC(C1=O)N2Cc1cccc(O)c1. The van der Waals surface area contributed by atoms with Crippen molar-refractivity contribution in [3.8, 4) is 5.75 Å². The number of aromatic amines is 1. The quantitative estimate of drug-likeness (QED) is 0.530. The number of aromatic hydroxyl groups is 1. The predicted octanol–water partition coefficient (Wildman–Crippen LogP) is 3.10. The molecule has 0 radical (unpaired) electrons. The van der Waals surface area contributed by atoms with Crippen molar-refractivity contribution in [2.75, 3.05) is 7.11 Å². The molecule has 1 fully saturated rings. The molecule has 0 spiro atoms. The minimum Gasteiger partial charge on any atom is -0.508 e. The van der Waals surface area contributed by atoms with E-state index < -0.39 is 17.9 Å². The maximum Gasteiger partial charge on any atom is 0.316 e. The molecule has 2 unspecified atom stereocenters. The van der Waals surface area contributed by atoms with Gasteiger partial charge in [0.2, 0.25) is 0 Å². The summed E-state index contributed by atoms with van der Waals surface area (Å²) < 4.78 is 4.92. The number of methoxy groups -OCH3 is 1. The summed E-state index contributed by atoms with van der Waals surface area (Å²) >= 11 is 0. The number of esters is 1. The van der Waals surface area contributed by atoms with Crippen LogP contribution >= 0.6 is 0 Å². The molecule has 148 valence electrons. The molecule has 6 nitrogen and oxygen atoms in total. The van der Waals surface area contributed by atoms with Crippen LogP contribution in [0.15, 0.2) is 48.5 Å². The third-order valence-electron chi connectivity index (χ3n) is 6.27. The number of carbonyl (C=O) groups excluding carboxylic acids is 2. The first-order valence-corrected chi connectivity index (χ1v) is 9.81. The number of piperidine rings is 1. The van der Waals surface area contributed by atoms with Crippen LogP contribution in [0, 0.1) is 5.92 Å². The molecule has 3 aromatic rings. The molecular formula is C23H22N2O4. The Balaban J connectivity index is 1.61. The number of H-pyrrole nitrogens is 1. The zero-order valence-electron chi connectivity index (χ0n) is 16.1. The molecule has 2 bridgehead atoms. The van der Waals surface area contributed by atoms with Crippen LogP contribution in [0.25, 0.3) is 10.9 Å². The number of ketones is 1. The van der Waals surface area contributed by atoms with Gasteiger partial charge in [-0.15, -0.1) is 0 Å². The summed E-state index contributed by atoms with van der Waals surface area (Å²) in [5, 5.41) is 11.0. The normalized spacial score (nSPS) is 23.8. The fourth-order valence-electron chi connectivity index (χ4n) is 4.95. The van der Waals surface area contributed by atoms with Crippen LogP contribution in [-0.2, 0) is 27.3 Å². The topological polar surface area (TPSA) is 82.6 Å². The minimum atomic E-state index is -0.741. The second-order valence-corrected chi connectivity index (χ2v) is 7.85. The number of hydrogen-bond acceptors (Lipinski definition) is 5. The van der Waals surface area contributed by atoms with Crippen LogP contribution in [0.4, 0.5) is 0 Å². The number of Topliss-reactive ketones (excluding diaryl/α,β-unsaturated/α-hetero) is 1. The number of phenols is 1. The van der Waals surface area contributed by atoms with E-state index in [-0.39, 0.29) is 17.6 Å². The first kappa shape index (κ1) is 17.9. The van der Waals surface area contributed by atoms with Gasteiger partial charge in [0.15, 0.2) is 5.78 Å². The van der Waals surface area contributed by atoms with E-state index in [4.69, 9.17) is 4.74 Å². The number of ether oxygens (including phenoxy) is 1. The Kier molecular flexibility index (Phi) is 4.17. The summed E-state index contributed by atoms with van der Waals surface area (Å²) in [6, 6.07) is 14.7. The van der Waals surface area contributed by atoms with Gasteiger partial charge in [0.1, 0.15) is 11.7 Å². The molecule has 1 aromatic heterocycles. The van der Waals surface area contributed by atoms with Gasteiger partial charge in [-0.2, -0.15) is 0 Å². The lowest BCUT2D eigenvalue weighted by atomic mass is 9.76. The van der Waals surface area contributed by atoms with E-state index >= 15 is 0 Å². The Bertz CT molecular complexity index is 1120. The summed E-state index contributed by atoms with van der Waals surface area (Å²) in [6.45, 7) is 0.526. The summed E-state index contributed by atoms with van der Waals surface area (Å²) in [5.74, 6) is -1.07. The van der Waals surface area contributed by atoms with Crippen molar-refractivity contribution in [2.45, 2.75) is 31.5 Å². The predicted molar refractivity (Wildman–Crippen MR) is 107 cm³/mol. The molecule has 0 amide bonds. The number of nitrogens with one attached hydrogen (secondary N) is 1. The average Bonchev–Trinajstić information content (AvgIpc) is 3.09. The first-order chi connectivity index (χ1) is 14.1. The van der Waals surface area contributed by atoms with Crippen LogP contribution in [-0.4, -0.2) is 39.9 Å². The van der Waals surface area contributed by atoms with Crippen LogP contribution < -0.4 is 0 Å². The molecular weight excluding hydrogens is 368 g/mol. The molecule has 0 aliphatic carbocycles. The Morgan fingerprint density at radius 1 is 1.21 bits per heavy atom. The zero-order chi connectivity index (χ0) is 20.1. The van der Waals surface area contributed by atoms with E-state index in [2.05, 4.69) is 16.0 Å². The molecule has 3 heterocycles. The minimum absolute atomic E-state index is 0.0795. The highest BCUT2D eigenvalue weighted by molar-refractivity contribution is 6.03. The molecule has 2 aliphatic heterocycles. The van der Waals surface area contributed by atoms with Gasteiger partial charge < -0.3 is 14.8 Å². The Morgan fingerprint density at radius 3 is 2.83 bits per heavy atom. The number of nitrogens with zero attached hydrogens (tertiary/aromatic N) is 1. The average molecular weight is 390 g/mol. The lowest BCUT2D eigenvalue weighted by Crippen LogP contribution is -2.56. The van der Waals surface area contributed by atoms with Gasteiger partial charge in [-0.1, -0.05) is 30.3 Å². The number of benzene rings is 2. The summed E-state index contributed by atoms with van der Waals surface area (Å²) in [5.41, 5.74) is 4.22. The largest absolute Gasteiger partial charge is 0.508 e. The van der Waals surface area contributed by atoms with Crippen molar-refractivity contribution < 1.29 is 19.4 Å². The van der Waals surface area contributed by atoms with E-state index in [0.29, 0.717) is 19.4 Å². The second-order valence-electron chi connectivity index (χ2n) is 7.85. The van der Waals surface area contributed by atoms with Crippen LogP contribution in [0.1, 0.15) is 29.3 Å².